The van der Waals surface area contributed by atoms with Crippen LogP contribution in [0.1, 0.15) is 17.3 Å². The first-order chi connectivity index (χ1) is 14.9. The summed E-state index contributed by atoms with van der Waals surface area (Å²) in [4.78, 5) is 35.5. The molecule has 2 aromatic rings. The van der Waals surface area contributed by atoms with Crippen molar-refractivity contribution in [3.63, 3.8) is 0 Å². The molecule has 2 rings (SSSR count). The fourth-order valence-corrected chi connectivity index (χ4v) is 3.65. The number of nitrogens with one attached hydrogen (secondary N) is 2. The average Bonchev–Trinajstić information content (AvgIpc) is 2.73. The molecular weight excluding hydrogens is 493 g/mol. The van der Waals surface area contributed by atoms with Crippen molar-refractivity contribution in [1.29, 1.82) is 0 Å². The summed E-state index contributed by atoms with van der Waals surface area (Å²) in [5, 5.41) is 4.56. The normalized spacial score (nSPS) is 12.2. The van der Waals surface area contributed by atoms with Crippen molar-refractivity contribution in [2.75, 3.05) is 11.9 Å². The van der Waals surface area contributed by atoms with Gasteiger partial charge in [0.2, 0.25) is 9.84 Å². The Morgan fingerprint density at radius 2 is 1.72 bits per heavy atom. The number of rotatable bonds is 8. The van der Waals surface area contributed by atoms with Crippen LogP contribution in [0.3, 0.4) is 0 Å². The molecule has 0 spiro atoms. The molecule has 0 saturated carbocycles. The van der Waals surface area contributed by atoms with Crippen LogP contribution in [-0.4, -0.2) is 44.6 Å². The van der Waals surface area contributed by atoms with Gasteiger partial charge in [0, 0.05) is 0 Å². The Kier molecular flexibility index (Phi) is 8.53. The van der Waals surface area contributed by atoms with Crippen molar-refractivity contribution in [3.8, 4) is 0 Å². The van der Waals surface area contributed by atoms with E-state index >= 15 is 0 Å². The van der Waals surface area contributed by atoms with Crippen molar-refractivity contribution in [2.24, 2.45) is 0 Å². The van der Waals surface area contributed by atoms with Crippen LogP contribution >= 0.6 is 23.2 Å². The third-order valence-corrected chi connectivity index (χ3v) is 6.20. The molecule has 32 heavy (non-hydrogen) atoms. The molecule has 172 valence electrons. The number of benzene rings is 2. The smallest absolute Gasteiger partial charge is 0.341 e. The van der Waals surface area contributed by atoms with E-state index in [0.29, 0.717) is 0 Å². The first kappa shape index (κ1) is 25.5. The molecule has 0 aliphatic carbocycles. The summed E-state index contributed by atoms with van der Waals surface area (Å²) in [5.74, 6) is -6.36. The molecule has 0 aliphatic heterocycles. The second kappa shape index (κ2) is 10.7. The Labute approximate surface area is 191 Å². The summed E-state index contributed by atoms with van der Waals surface area (Å²) in [5.41, 5.74) is -0.376. The number of sulfone groups is 1. The van der Waals surface area contributed by atoms with Crippen LogP contribution in [0.25, 0.3) is 0 Å². The molecular formula is C19H16Cl2F2N2O6S. The van der Waals surface area contributed by atoms with E-state index in [0.717, 1.165) is 12.1 Å². The standard InChI is InChI=1S/C19H16Cl2F2N2O6S/c1-10(24-17(27)11-5-4-6-12(20)16(11)21)18(28)31-9-15(26)25-13-7-2-3-8-14(13)32(29,30)19(22)23/h2-8,10,19H,9H2,1H3,(H,24,27)(H,25,26). The number of carbonyl (C=O) groups excluding carboxylic acids is 3. The molecule has 0 saturated heterocycles. The number of hydrogen-bond acceptors (Lipinski definition) is 6. The molecule has 2 N–H and O–H groups in total. The number of para-hydroxylation sites is 1. The SMILES string of the molecule is CC(NC(=O)c1cccc(Cl)c1Cl)C(=O)OCC(=O)Nc1ccccc1S(=O)(=O)C(F)F. The Morgan fingerprint density at radius 1 is 1.06 bits per heavy atom. The van der Waals surface area contributed by atoms with Crippen LogP contribution in [0.2, 0.25) is 10.0 Å². The van der Waals surface area contributed by atoms with Gasteiger partial charge in [0.15, 0.2) is 6.61 Å². The second-order valence-electron chi connectivity index (χ2n) is 6.25. The van der Waals surface area contributed by atoms with Gasteiger partial charge >= 0.3 is 11.7 Å². The Balaban J connectivity index is 1.97. The Bertz CT molecular complexity index is 1140. The molecule has 1 atom stereocenters. The van der Waals surface area contributed by atoms with Gasteiger partial charge in [-0.15, -0.1) is 0 Å². The van der Waals surface area contributed by atoms with Crippen molar-refractivity contribution in [1.82, 2.24) is 5.32 Å². The monoisotopic (exact) mass is 508 g/mol. The number of alkyl halides is 2. The summed E-state index contributed by atoms with van der Waals surface area (Å²) >= 11 is 11.8. The van der Waals surface area contributed by atoms with E-state index in [9.17, 15) is 31.6 Å². The summed E-state index contributed by atoms with van der Waals surface area (Å²) in [6.45, 7) is 0.432. The molecule has 0 radical (unpaired) electrons. The van der Waals surface area contributed by atoms with Gasteiger partial charge < -0.3 is 15.4 Å². The number of anilines is 1. The molecule has 0 bridgehead atoms. The lowest BCUT2D eigenvalue weighted by atomic mass is 10.2. The van der Waals surface area contributed by atoms with E-state index in [2.05, 4.69) is 10.6 Å². The predicted molar refractivity (Wildman–Crippen MR) is 113 cm³/mol. The summed E-state index contributed by atoms with van der Waals surface area (Å²) < 4.78 is 53.8. The largest absolute Gasteiger partial charge is 0.454 e. The van der Waals surface area contributed by atoms with Crippen LogP contribution in [0.5, 0.6) is 0 Å². The molecule has 2 aromatic carbocycles. The van der Waals surface area contributed by atoms with Crippen LogP contribution in [0, 0.1) is 0 Å². The fourth-order valence-electron chi connectivity index (χ4n) is 2.37. The molecule has 8 nitrogen and oxygen atoms in total. The molecule has 0 aromatic heterocycles. The van der Waals surface area contributed by atoms with E-state index in [1.807, 2.05) is 0 Å². The molecule has 0 heterocycles. The van der Waals surface area contributed by atoms with Gasteiger partial charge in [-0.3, -0.25) is 9.59 Å². The molecule has 0 aliphatic rings. The lowest BCUT2D eigenvalue weighted by Gasteiger charge is -2.15. The van der Waals surface area contributed by atoms with Crippen molar-refractivity contribution in [3.05, 3.63) is 58.1 Å². The number of halogens is 4. The number of carbonyl (C=O) groups is 3. The highest BCUT2D eigenvalue weighted by atomic mass is 35.5. The Morgan fingerprint density at radius 3 is 2.38 bits per heavy atom. The zero-order chi connectivity index (χ0) is 24.1. The van der Waals surface area contributed by atoms with E-state index in [1.165, 1.54) is 37.3 Å². The van der Waals surface area contributed by atoms with E-state index in [-0.39, 0.29) is 15.6 Å². The van der Waals surface area contributed by atoms with Crippen molar-refractivity contribution in [2.45, 2.75) is 23.6 Å². The van der Waals surface area contributed by atoms with Gasteiger partial charge in [-0.1, -0.05) is 41.4 Å². The van der Waals surface area contributed by atoms with Gasteiger partial charge in [0.05, 0.1) is 26.2 Å². The summed E-state index contributed by atoms with van der Waals surface area (Å²) in [7, 11) is -4.97. The van der Waals surface area contributed by atoms with Gasteiger partial charge in [0.1, 0.15) is 6.04 Å². The number of esters is 1. The van der Waals surface area contributed by atoms with Crippen LogP contribution in [-0.2, 0) is 24.2 Å². The van der Waals surface area contributed by atoms with Crippen LogP contribution < -0.4 is 10.6 Å². The molecule has 2 amide bonds. The first-order valence-electron chi connectivity index (χ1n) is 8.77. The minimum absolute atomic E-state index is 0.0102. The molecule has 0 fully saturated rings. The Hall–Kier alpha value is -2.76. The lowest BCUT2D eigenvalue weighted by Crippen LogP contribution is -2.40. The molecule has 1 unspecified atom stereocenters. The highest BCUT2D eigenvalue weighted by Crippen LogP contribution is 2.26. The van der Waals surface area contributed by atoms with Crippen LogP contribution in [0.15, 0.2) is 47.4 Å². The predicted octanol–water partition coefficient (Wildman–Crippen LogP) is 3.29. The van der Waals surface area contributed by atoms with Gasteiger partial charge in [0.25, 0.3) is 11.8 Å². The van der Waals surface area contributed by atoms with Crippen molar-refractivity contribution < 1.29 is 36.3 Å². The third-order valence-electron chi connectivity index (χ3n) is 3.95. The van der Waals surface area contributed by atoms with E-state index in [1.54, 1.807) is 0 Å². The minimum Gasteiger partial charge on any atom is -0.454 e. The van der Waals surface area contributed by atoms with Gasteiger partial charge in [-0.25, -0.2) is 13.2 Å². The topological polar surface area (TPSA) is 119 Å². The lowest BCUT2D eigenvalue weighted by molar-refractivity contribution is -0.148. The fraction of sp³-hybridized carbons (Fsp3) is 0.211. The summed E-state index contributed by atoms with van der Waals surface area (Å²) in [6, 6.07) is 7.71. The van der Waals surface area contributed by atoms with E-state index in [4.69, 9.17) is 27.9 Å². The minimum atomic E-state index is -4.97. The quantitative estimate of drug-likeness (QED) is 0.528. The maximum absolute atomic E-state index is 12.8. The highest BCUT2D eigenvalue weighted by Gasteiger charge is 2.29. The highest BCUT2D eigenvalue weighted by molar-refractivity contribution is 7.91. The average molecular weight is 509 g/mol. The molecule has 13 heteroatoms. The number of amides is 2. The third kappa shape index (κ3) is 6.15. The maximum atomic E-state index is 12.8. The van der Waals surface area contributed by atoms with Crippen LogP contribution in [0.4, 0.5) is 14.5 Å². The maximum Gasteiger partial charge on any atom is 0.341 e. The first-order valence-corrected chi connectivity index (χ1v) is 11.1. The zero-order valence-corrected chi connectivity index (χ0v) is 18.6. The number of ether oxygens (including phenoxy) is 1. The van der Waals surface area contributed by atoms with Gasteiger partial charge in [-0.2, -0.15) is 8.78 Å². The second-order valence-corrected chi connectivity index (χ2v) is 8.93. The number of hydrogen-bond donors (Lipinski definition) is 2. The van der Waals surface area contributed by atoms with E-state index < -0.39 is 56.6 Å². The summed E-state index contributed by atoms with van der Waals surface area (Å²) in [6.07, 6.45) is 0. The van der Waals surface area contributed by atoms with Gasteiger partial charge in [-0.05, 0) is 31.2 Å². The zero-order valence-electron chi connectivity index (χ0n) is 16.3. The van der Waals surface area contributed by atoms with Crippen molar-refractivity contribution >= 4 is 56.5 Å².